The van der Waals surface area contributed by atoms with E-state index in [-0.39, 0.29) is 82.7 Å². The third-order valence-electron chi connectivity index (χ3n) is 11.3. The lowest BCUT2D eigenvalue weighted by Crippen LogP contribution is -2.70. The lowest BCUT2D eigenvalue weighted by Gasteiger charge is -2.59. The second-order valence-corrected chi connectivity index (χ2v) is 14.8. The van der Waals surface area contributed by atoms with E-state index < -0.39 is 29.9 Å². The summed E-state index contributed by atoms with van der Waals surface area (Å²) in [5, 5.41) is 36.5. The summed E-state index contributed by atoms with van der Waals surface area (Å²) in [6.45, 7) is 6.05. The highest BCUT2D eigenvalue weighted by atomic mass is 16.7. The Bertz CT molecular complexity index is 1800. The maximum Gasteiger partial charge on any atom is 0.417 e. The van der Waals surface area contributed by atoms with Gasteiger partial charge in [0.15, 0.2) is 0 Å². The van der Waals surface area contributed by atoms with E-state index in [0.717, 1.165) is 30.4 Å². The summed E-state index contributed by atoms with van der Waals surface area (Å²) in [4.78, 5) is 34.5. The van der Waals surface area contributed by atoms with Gasteiger partial charge in [0.25, 0.3) is 0 Å². The second-order valence-electron chi connectivity index (χ2n) is 14.8. The number of hydrogen-bond donors (Lipinski definition) is 4. The molecule has 0 aromatic heterocycles. The number of nitrogens with one attached hydrogen (secondary N) is 1. The third-order valence-corrected chi connectivity index (χ3v) is 11.3. The number of allylic oxidation sites excluding steroid dienone is 1. The molecule has 1 saturated carbocycles. The number of carbonyl (C=O) groups is 2. The van der Waals surface area contributed by atoms with Gasteiger partial charge in [0.2, 0.25) is 5.79 Å². The number of methoxy groups -OCH3 is 2. The summed E-state index contributed by atoms with van der Waals surface area (Å²) in [5.41, 5.74) is 2.60. The summed E-state index contributed by atoms with van der Waals surface area (Å²) >= 11 is 0. The van der Waals surface area contributed by atoms with Crippen molar-refractivity contribution < 1.29 is 62.9 Å². The van der Waals surface area contributed by atoms with Crippen LogP contribution in [0.15, 0.2) is 65.9 Å². The lowest BCUT2D eigenvalue weighted by atomic mass is 9.55. The van der Waals surface area contributed by atoms with Gasteiger partial charge < -0.3 is 53.3 Å². The summed E-state index contributed by atoms with van der Waals surface area (Å²) in [5.74, 6) is -0.850. The predicted molar refractivity (Wildman–Crippen MR) is 223 cm³/mol. The molecule has 0 unspecified atom stereocenters. The molecule has 0 spiro atoms. The minimum Gasteiger partial charge on any atom is -0.497 e. The molecule has 2 aromatic carbocycles. The van der Waals surface area contributed by atoms with Crippen LogP contribution in [0.25, 0.3) is 0 Å². The highest BCUT2D eigenvalue weighted by Crippen LogP contribution is 2.62. The molecule has 5 rings (SSSR count). The van der Waals surface area contributed by atoms with Gasteiger partial charge in [-0.25, -0.2) is 9.59 Å². The molecule has 1 fully saturated rings. The first-order chi connectivity index (χ1) is 29.2. The molecule has 4 N–H and O–H groups in total. The van der Waals surface area contributed by atoms with Crippen molar-refractivity contribution in [2.24, 2.45) is 22.9 Å². The predicted octanol–water partition coefficient (Wildman–Crippen LogP) is 6.05. The van der Waals surface area contributed by atoms with E-state index in [1.54, 1.807) is 48.2 Å². The smallest absolute Gasteiger partial charge is 0.417 e. The summed E-state index contributed by atoms with van der Waals surface area (Å²) in [6, 6.07) is 9.39. The van der Waals surface area contributed by atoms with Gasteiger partial charge in [-0.3, -0.25) is 10.2 Å². The van der Waals surface area contributed by atoms with Crippen molar-refractivity contribution in [1.82, 2.24) is 4.90 Å². The Morgan fingerprint density at radius 3 is 2.43 bits per heavy atom. The number of aliphatic hydroxyl groups is 3. The molecule has 16 heteroatoms. The van der Waals surface area contributed by atoms with E-state index >= 15 is 0 Å². The normalized spacial score (nSPS) is 23.3. The van der Waals surface area contributed by atoms with E-state index in [4.69, 9.17) is 38.0 Å². The van der Waals surface area contributed by atoms with E-state index in [9.17, 15) is 24.9 Å². The SMILES string of the molecule is C=CCO[C@@]12Oc3ccc(OC(=O)Nc4ccc(OC)cc4OC)cc3[C@H]3[C@H](CCCCO)[C@@H](CCCCO)C=C(C(=NOC)C[C@@H]1N(CCOCCO)C(=O)OCC)[C@H]32. The summed E-state index contributed by atoms with van der Waals surface area (Å²) < 4.78 is 42.1. The second kappa shape index (κ2) is 22.7. The fraction of sp³-hybridized carbons (Fsp3) is 0.568. The fourth-order valence-corrected chi connectivity index (χ4v) is 8.88. The number of amides is 2. The molecular weight excluding hydrogens is 778 g/mol. The van der Waals surface area contributed by atoms with Crippen LogP contribution in [0.4, 0.5) is 15.3 Å². The van der Waals surface area contributed by atoms with Gasteiger partial charge in [-0.15, -0.1) is 6.58 Å². The molecule has 6 atom stereocenters. The first-order valence-corrected chi connectivity index (χ1v) is 20.7. The minimum atomic E-state index is -1.52. The number of benzene rings is 2. The van der Waals surface area contributed by atoms with Crippen LogP contribution in [0.1, 0.15) is 63.4 Å². The molecule has 2 aromatic rings. The number of aliphatic hydroxyl groups excluding tert-OH is 3. The number of anilines is 1. The van der Waals surface area contributed by atoms with Gasteiger partial charge in [0.1, 0.15) is 36.1 Å². The standard InChI is InChI=1S/C44H61N3O13/c1-6-22-58-44-39(47(43(52)57-7-2)18-23-56-24-21-50)28-36(46-55-5)33-25-29(12-8-10-19-48)32(13-9-11-20-49)40(41(33)44)34-26-31(15-17-37(34)60-44)59-42(51)45-35-16-14-30(53-3)27-38(35)54-4/h6,14-17,25-27,29,32,39-41,48-50H,1,7-13,18-24,28H2,2-5H3,(H,45,51)/t29-,32+,39-,40+,41+,44+/m0/s1. The number of hydrogen-bond acceptors (Lipinski definition) is 14. The van der Waals surface area contributed by atoms with Crippen molar-refractivity contribution in [3.05, 3.63) is 66.3 Å². The van der Waals surface area contributed by atoms with Crippen LogP contribution in [-0.4, -0.2) is 124 Å². The number of rotatable bonds is 23. The topological polar surface area (TPSA) is 196 Å². The van der Waals surface area contributed by atoms with Gasteiger partial charge >= 0.3 is 12.2 Å². The highest BCUT2D eigenvalue weighted by molar-refractivity contribution is 6.03. The van der Waals surface area contributed by atoms with Crippen LogP contribution in [0.2, 0.25) is 0 Å². The Hall–Kier alpha value is -4.87. The number of oxime groups is 1. The molecule has 1 heterocycles. The van der Waals surface area contributed by atoms with Crippen molar-refractivity contribution in [2.45, 2.75) is 69.6 Å². The molecule has 2 aliphatic carbocycles. The number of unbranched alkanes of at least 4 members (excludes halogenated alkanes) is 2. The number of ether oxygens (including phenoxy) is 7. The quantitative estimate of drug-likeness (QED) is 0.0575. The third kappa shape index (κ3) is 10.5. The van der Waals surface area contributed by atoms with Crippen LogP contribution >= 0.6 is 0 Å². The highest BCUT2D eigenvalue weighted by Gasteiger charge is 2.65. The maximum atomic E-state index is 14.0. The molecule has 2 amide bonds. The van der Waals surface area contributed by atoms with Crippen molar-refractivity contribution in [3.8, 4) is 23.0 Å². The minimum absolute atomic E-state index is 0.00314. The van der Waals surface area contributed by atoms with Crippen molar-refractivity contribution in [2.75, 3.05) is 79.4 Å². The average molecular weight is 840 g/mol. The van der Waals surface area contributed by atoms with Gasteiger partial charge in [0, 0.05) is 43.7 Å². The Kier molecular flexibility index (Phi) is 17.4. The molecule has 1 aliphatic heterocycles. The lowest BCUT2D eigenvalue weighted by molar-refractivity contribution is -0.256. The largest absolute Gasteiger partial charge is 0.497 e. The van der Waals surface area contributed by atoms with Crippen molar-refractivity contribution >= 4 is 23.6 Å². The van der Waals surface area contributed by atoms with Gasteiger partial charge in [-0.2, -0.15) is 0 Å². The molecular formula is C44H61N3O13. The fourth-order valence-electron chi connectivity index (χ4n) is 8.88. The molecule has 3 aliphatic rings. The Morgan fingerprint density at radius 2 is 1.75 bits per heavy atom. The summed E-state index contributed by atoms with van der Waals surface area (Å²) in [7, 11) is 4.50. The van der Waals surface area contributed by atoms with Crippen LogP contribution in [0.3, 0.4) is 0 Å². The Labute approximate surface area is 352 Å². The first kappa shape index (κ1) is 46.2. The Balaban J connectivity index is 1.69. The first-order valence-electron chi connectivity index (χ1n) is 20.7. The zero-order chi connectivity index (χ0) is 43.1. The molecule has 0 radical (unpaired) electrons. The summed E-state index contributed by atoms with van der Waals surface area (Å²) in [6.07, 6.45) is 6.87. The van der Waals surface area contributed by atoms with Crippen molar-refractivity contribution in [3.63, 3.8) is 0 Å². The average Bonchev–Trinajstić information content (AvgIpc) is 3.25. The van der Waals surface area contributed by atoms with E-state index in [1.807, 2.05) is 6.07 Å². The zero-order valence-electron chi connectivity index (χ0n) is 35.1. The van der Waals surface area contributed by atoms with Crippen molar-refractivity contribution in [1.29, 1.82) is 0 Å². The van der Waals surface area contributed by atoms with Crippen LogP contribution in [0, 0.1) is 17.8 Å². The number of carbonyl (C=O) groups excluding carboxylic acids is 2. The van der Waals surface area contributed by atoms with E-state index in [1.165, 1.54) is 21.3 Å². The van der Waals surface area contributed by atoms with E-state index in [0.29, 0.717) is 47.9 Å². The zero-order valence-corrected chi connectivity index (χ0v) is 35.1. The Morgan fingerprint density at radius 1 is 0.983 bits per heavy atom. The van der Waals surface area contributed by atoms with Gasteiger partial charge in [0.05, 0.1) is 64.6 Å². The van der Waals surface area contributed by atoms with Crippen LogP contribution < -0.4 is 24.3 Å². The van der Waals surface area contributed by atoms with Gasteiger partial charge in [-0.1, -0.05) is 30.1 Å². The molecule has 330 valence electrons. The molecule has 0 bridgehead atoms. The van der Waals surface area contributed by atoms with Crippen LogP contribution in [-0.2, 0) is 19.0 Å². The number of nitrogens with zero attached hydrogens (tertiary/aromatic N) is 2. The van der Waals surface area contributed by atoms with Crippen LogP contribution in [0.5, 0.6) is 23.0 Å². The molecule has 0 saturated heterocycles. The maximum absolute atomic E-state index is 14.0. The van der Waals surface area contributed by atoms with E-state index in [2.05, 4.69) is 23.1 Å². The molecule has 60 heavy (non-hydrogen) atoms. The van der Waals surface area contributed by atoms with Gasteiger partial charge in [-0.05, 0) is 80.3 Å². The monoisotopic (exact) mass is 839 g/mol. The number of fused-ring (bicyclic) bond motifs is 2. The molecule has 16 nitrogen and oxygen atoms in total.